The van der Waals surface area contributed by atoms with Crippen molar-refractivity contribution in [2.24, 2.45) is 0 Å². The van der Waals surface area contributed by atoms with Crippen LogP contribution in [0.5, 0.6) is 0 Å². The minimum Gasteiger partial charge on any atom is -0.395 e. The lowest BCUT2D eigenvalue weighted by atomic mass is 10.1. The summed E-state index contributed by atoms with van der Waals surface area (Å²) in [6, 6.07) is 0.309. The molecule has 1 rings (SSSR count). The van der Waals surface area contributed by atoms with Gasteiger partial charge in [-0.05, 0) is 19.4 Å². The van der Waals surface area contributed by atoms with Gasteiger partial charge in [-0.3, -0.25) is 4.90 Å². The van der Waals surface area contributed by atoms with E-state index in [4.69, 9.17) is 11.5 Å². The zero-order valence-corrected chi connectivity index (χ0v) is 7.50. The zero-order chi connectivity index (χ0) is 8.81. The molecule has 2 heteroatoms. The molecule has 0 aliphatic carbocycles. The topological polar surface area (TPSA) is 23.5 Å². The number of hydrogen-bond donors (Lipinski definition) is 1. The predicted molar refractivity (Wildman–Crippen MR) is 49.7 cm³/mol. The highest BCUT2D eigenvalue weighted by Gasteiger charge is 2.18. The molecule has 68 valence electrons. The van der Waals surface area contributed by atoms with Crippen LogP contribution in [-0.2, 0) is 0 Å². The van der Waals surface area contributed by atoms with Crippen LogP contribution in [0.15, 0.2) is 0 Å². The molecule has 0 aromatic rings. The Labute approximate surface area is 74.6 Å². The van der Waals surface area contributed by atoms with E-state index in [0.29, 0.717) is 12.6 Å². The summed E-state index contributed by atoms with van der Waals surface area (Å²) in [6.07, 6.45) is 10.1. The van der Waals surface area contributed by atoms with Gasteiger partial charge in [0.25, 0.3) is 0 Å². The molecule has 0 aromatic heterocycles. The first-order chi connectivity index (χ1) is 5.88. The van der Waals surface area contributed by atoms with Gasteiger partial charge in [-0.25, -0.2) is 0 Å². The molecule has 0 saturated carbocycles. The molecule has 1 fully saturated rings. The second kappa shape index (κ2) is 5.18. The fraction of sp³-hybridized carbons (Fsp3) is 0.800. The molecule has 2 nitrogen and oxygen atoms in total. The molecule has 1 saturated heterocycles. The molecule has 0 spiro atoms. The Balaban J connectivity index is 2.46. The third kappa shape index (κ3) is 2.51. The first-order valence-electron chi connectivity index (χ1n) is 4.67. The minimum absolute atomic E-state index is 0.252. The van der Waals surface area contributed by atoms with Gasteiger partial charge in [0, 0.05) is 6.04 Å². The number of terminal acetylenes is 1. The van der Waals surface area contributed by atoms with Crippen LogP contribution in [0.4, 0.5) is 0 Å². The summed E-state index contributed by atoms with van der Waals surface area (Å²) in [4.78, 5) is 2.22. The fourth-order valence-corrected chi connectivity index (χ4v) is 1.77. The maximum absolute atomic E-state index is 9.10. The summed E-state index contributed by atoms with van der Waals surface area (Å²) in [7, 11) is 0. The summed E-state index contributed by atoms with van der Waals surface area (Å²) in [5.41, 5.74) is 0. The van der Waals surface area contributed by atoms with Crippen molar-refractivity contribution in [3.05, 3.63) is 0 Å². The Morgan fingerprint density at radius 1 is 1.42 bits per heavy atom. The average Bonchev–Trinajstić information content (AvgIpc) is 2.30. The summed E-state index contributed by atoms with van der Waals surface area (Å²) in [5, 5.41) is 9.10. The average molecular weight is 167 g/mol. The van der Waals surface area contributed by atoms with Gasteiger partial charge in [0.2, 0.25) is 0 Å². The molecule has 1 atom stereocenters. The molecular weight excluding hydrogens is 150 g/mol. The van der Waals surface area contributed by atoms with E-state index in [0.717, 1.165) is 13.0 Å². The van der Waals surface area contributed by atoms with Crippen molar-refractivity contribution in [3.8, 4) is 12.3 Å². The number of likely N-dealkylation sites (tertiary alicyclic amines) is 1. The Morgan fingerprint density at radius 2 is 2.25 bits per heavy atom. The number of aliphatic hydroxyl groups is 1. The van der Waals surface area contributed by atoms with Gasteiger partial charge in [-0.1, -0.05) is 18.8 Å². The Kier molecular flexibility index (Phi) is 4.13. The number of aliphatic hydroxyl groups excluding tert-OH is 1. The molecule has 0 bridgehead atoms. The highest BCUT2D eigenvalue weighted by Crippen LogP contribution is 2.15. The van der Waals surface area contributed by atoms with Crippen molar-refractivity contribution in [1.29, 1.82) is 0 Å². The summed E-state index contributed by atoms with van der Waals surface area (Å²) in [5.74, 6) is 2.64. The van der Waals surface area contributed by atoms with E-state index in [1.807, 2.05) is 0 Å². The molecule has 0 aromatic carbocycles. The normalized spacial score (nSPS) is 26.2. The van der Waals surface area contributed by atoms with Crippen molar-refractivity contribution in [2.75, 3.05) is 19.7 Å². The Bertz CT molecular complexity index is 162. The van der Waals surface area contributed by atoms with Gasteiger partial charge in [0.1, 0.15) is 0 Å². The van der Waals surface area contributed by atoms with Crippen molar-refractivity contribution in [1.82, 2.24) is 4.90 Å². The molecule has 0 radical (unpaired) electrons. The van der Waals surface area contributed by atoms with Crippen LogP contribution in [-0.4, -0.2) is 35.7 Å². The molecule has 12 heavy (non-hydrogen) atoms. The van der Waals surface area contributed by atoms with Gasteiger partial charge < -0.3 is 5.11 Å². The largest absolute Gasteiger partial charge is 0.395 e. The third-order valence-electron chi connectivity index (χ3n) is 2.50. The van der Waals surface area contributed by atoms with Crippen molar-refractivity contribution >= 4 is 0 Å². The molecule has 1 heterocycles. The first kappa shape index (κ1) is 9.57. The number of rotatable bonds is 2. The van der Waals surface area contributed by atoms with Crippen LogP contribution in [0.3, 0.4) is 0 Å². The van der Waals surface area contributed by atoms with E-state index < -0.39 is 0 Å². The van der Waals surface area contributed by atoms with Crippen molar-refractivity contribution < 1.29 is 5.11 Å². The lowest BCUT2D eigenvalue weighted by molar-refractivity contribution is 0.137. The van der Waals surface area contributed by atoms with Gasteiger partial charge in [0.05, 0.1) is 13.2 Å². The minimum atomic E-state index is 0.252. The summed E-state index contributed by atoms with van der Waals surface area (Å²) >= 11 is 0. The molecule has 1 aliphatic rings. The van der Waals surface area contributed by atoms with Crippen molar-refractivity contribution in [2.45, 2.75) is 31.7 Å². The highest BCUT2D eigenvalue weighted by molar-refractivity contribution is 4.91. The van der Waals surface area contributed by atoms with Crippen LogP contribution in [0, 0.1) is 12.3 Å². The van der Waals surface area contributed by atoms with Crippen molar-refractivity contribution in [3.63, 3.8) is 0 Å². The predicted octanol–water partition coefficient (Wildman–Crippen LogP) is 0.857. The zero-order valence-electron chi connectivity index (χ0n) is 7.50. The van der Waals surface area contributed by atoms with Gasteiger partial charge in [-0.2, -0.15) is 0 Å². The smallest absolute Gasteiger partial charge is 0.0602 e. The lowest BCUT2D eigenvalue weighted by Gasteiger charge is -2.25. The van der Waals surface area contributed by atoms with Crippen LogP contribution >= 0.6 is 0 Å². The van der Waals surface area contributed by atoms with Crippen LogP contribution in [0.25, 0.3) is 0 Å². The van der Waals surface area contributed by atoms with E-state index >= 15 is 0 Å². The van der Waals surface area contributed by atoms with Crippen LogP contribution in [0.2, 0.25) is 0 Å². The maximum Gasteiger partial charge on any atom is 0.0602 e. The van der Waals surface area contributed by atoms with E-state index in [1.165, 1.54) is 19.3 Å². The lowest BCUT2D eigenvalue weighted by Crippen LogP contribution is -2.37. The Morgan fingerprint density at radius 3 is 2.92 bits per heavy atom. The molecule has 1 unspecified atom stereocenters. The molecular formula is C10H17NO. The Hall–Kier alpha value is -0.520. The molecule has 1 aliphatic heterocycles. The quantitative estimate of drug-likeness (QED) is 0.616. The summed E-state index contributed by atoms with van der Waals surface area (Å²) in [6.45, 7) is 1.99. The maximum atomic E-state index is 9.10. The standard InChI is InChI=1S/C10H17NO/c1-2-7-11-8-5-3-4-6-10(11)9-12/h1,10,12H,3-9H2. The van der Waals surface area contributed by atoms with E-state index in [9.17, 15) is 0 Å². The monoisotopic (exact) mass is 167 g/mol. The second-order valence-electron chi connectivity index (χ2n) is 3.36. The van der Waals surface area contributed by atoms with E-state index in [2.05, 4.69) is 10.8 Å². The van der Waals surface area contributed by atoms with Crippen LogP contribution < -0.4 is 0 Å². The van der Waals surface area contributed by atoms with E-state index in [1.54, 1.807) is 0 Å². The summed E-state index contributed by atoms with van der Waals surface area (Å²) < 4.78 is 0. The molecule has 1 N–H and O–H groups in total. The molecule has 0 amide bonds. The number of nitrogens with zero attached hydrogens (tertiary/aromatic N) is 1. The third-order valence-corrected chi connectivity index (χ3v) is 2.50. The number of hydrogen-bond acceptors (Lipinski definition) is 2. The fourth-order valence-electron chi connectivity index (χ4n) is 1.77. The van der Waals surface area contributed by atoms with Gasteiger partial charge in [-0.15, -0.1) is 6.42 Å². The highest BCUT2D eigenvalue weighted by atomic mass is 16.3. The SMILES string of the molecule is C#CCN1CCCCCC1CO. The van der Waals surface area contributed by atoms with Gasteiger partial charge >= 0.3 is 0 Å². The van der Waals surface area contributed by atoms with Gasteiger partial charge in [0.15, 0.2) is 0 Å². The van der Waals surface area contributed by atoms with Crippen LogP contribution in [0.1, 0.15) is 25.7 Å². The first-order valence-corrected chi connectivity index (χ1v) is 4.67. The second-order valence-corrected chi connectivity index (χ2v) is 3.36. The van der Waals surface area contributed by atoms with E-state index in [-0.39, 0.29) is 6.61 Å².